The van der Waals surface area contributed by atoms with Crippen LogP contribution < -0.4 is 5.19 Å². The van der Waals surface area contributed by atoms with Gasteiger partial charge in [0.25, 0.3) is 0 Å². The number of rotatable bonds is 6. The van der Waals surface area contributed by atoms with Crippen LogP contribution >= 0.6 is 0 Å². The van der Waals surface area contributed by atoms with Gasteiger partial charge in [0.2, 0.25) is 0 Å². The quantitative estimate of drug-likeness (QED) is 0.459. The highest BCUT2D eigenvalue weighted by molar-refractivity contribution is 6.91. The van der Waals surface area contributed by atoms with Gasteiger partial charge in [0.1, 0.15) is 0 Å². The molecule has 1 aromatic rings. The second-order valence-electron chi connectivity index (χ2n) is 5.32. The SMILES string of the molecule is C/C=C/[C@@H]([C@@H](OC)C(=O)OC)[Si](C)(C)c1ccccc1. The van der Waals surface area contributed by atoms with Gasteiger partial charge >= 0.3 is 5.97 Å². The minimum absolute atomic E-state index is 0.0346. The molecule has 3 nitrogen and oxygen atoms in total. The van der Waals surface area contributed by atoms with Crippen LogP contribution in [0.1, 0.15) is 6.92 Å². The summed E-state index contributed by atoms with van der Waals surface area (Å²) in [6, 6.07) is 10.3. The summed E-state index contributed by atoms with van der Waals surface area (Å²) >= 11 is 0. The van der Waals surface area contributed by atoms with Crippen LogP contribution in [-0.2, 0) is 14.3 Å². The Bertz CT molecular complexity index is 454. The lowest BCUT2D eigenvalue weighted by Gasteiger charge is -2.34. The van der Waals surface area contributed by atoms with Gasteiger partial charge in [-0.15, -0.1) is 0 Å². The van der Waals surface area contributed by atoms with Gasteiger partial charge < -0.3 is 9.47 Å². The number of carbonyl (C=O) groups excluding carboxylic acids is 1. The highest BCUT2D eigenvalue weighted by Gasteiger charge is 2.41. The Labute approximate surface area is 122 Å². The Morgan fingerprint density at radius 3 is 2.25 bits per heavy atom. The third kappa shape index (κ3) is 3.58. The largest absolute Gasteiger partial charge is 0.467 e. The minimum Gasteiger partial charge on any atom is -0.467 e. The normalized spacial score (nSPS) is 15.1. The summed E-state index contributed by atoms with van der Waals surface area (Å²) in [4.78, 5) is 12.0. The number of allylic oxidation sites excluding steroid dienone is 1. The molecule has 0 unspecified atom stereocenters. The third-order valence-electron chi connectivity index (χ3n) is 3.76. The standard InChI is InChI=1S/C16H24O3Si/c1-6-10-14(15(18-2)16(17)19-3)20(4,5)13-11-8-7-9-12-13/h6-12,14-15H,1-5H3/b10-6+/t14-,15+/m0/s1. The predicted octanol–water partition coefficient (Wildman–Crippen LogP) is 2.74. The van der Waals surface area contributed by atoms with E-state index in [4.69, 9.17) is 9.47 Å². The van der Waals surface area contributed by atoms with Crippen LogP contribution in [0.5, 0.6) is 0 Å². The van der Waals surface area contributed by atoms with Gasteiger partial charge in [0, 0.05) is 12.7 Å². The smallest absolute Gasteiger partial charge is 0.335 e. The van der Waals surface area contributed by atoms with Crippen molar-refractivity contribution in [3.63, 3.8) is 0 Å². The second kappa shape index (κ2) is 7.41. The Morgan fingerprint density at radius 2 is 1.80 bits per heavy atom. The van der Waals surface area contributed by atoms with Crippen LogP contribution in [0.3, 0.4) is 0 Å². The lowest BCUT2D eigenvalue weighted by atomic mass is 10.2. The van der Waals surface area contributed by atoms with E-state index in [1.54, 1.807) is 7.11 Å². The number of benzene rings is 1. The molecule has 0 aromatic heterocycles. The van der Waals surface area contributed by atoms with Crippen LogP contribution in [0.15, 0.2) is 42.5 Å². The number of methoxy groups -OCH3 is 2. The molecule has 0 spiro atoms. The Balaban J connectivity index is 3.21. The van der Waals surface area contributed by atoms with Crippen LogP contribution in [0, 0.1) is 0 Å². The van der Waals surface area contributed by atoms with Crippen molar-refractivity contribution in [1.82, 2.24) is 0 Å². The minimum atomic E-state index is -1.91. The van der Waals surface area contributed by atoms with E-state index in [9.17, 15) is 4.79 Å². The molecule has 0 aliphatic carbocycles. The van der Waals surface area contributed by atoms with Gasteiger partial charge in [-0.2, -0.15) is 0 Å². The number of hydrogen-bond acceptors (Lipinski definition) is 3. The average molecular weight is 292 g/mol. The van der Waals surface area contributed by atoms with Crippen molar-refractivity contribution in [2.45, 2.75) is 31.7 Å². The molecule has 0 bridgehead atoms. The monoisotopic (exact) mass is 292 g/mol. The van der Waals surface area contributed by atoms with Crippen molar-refractivity contribution in [2.75, 3.05) is 14.2 Å². The first-order valence-corrected chi connectivity index (χ1v) is 9.85. The van der Waals surface area contributed by atoms with E-state index >= 15 is 0 Å². The number of hydrogen-bond donors (Lipinski definition) is 0. The summed E-state index contributed by atoms with van der Waals surface area (Å²) < 4.78 is 10.3. The van der Waals surface area contributed by atoms with Gasteiger partial charge in [0.05, 0.1) is 15.2 Å². The summed E-state index contributed by atoms with van der Waals surface area (Å²) in [5.74, 6) is -0.313. The molecule has 1 aromatic carbocycles. The molecule has 0 amide bonds. The first kappa shape index (κ1) is 16.7. The molecule has 0 saturated carbocycles. The highest BCUT2D eigenvalue weighted by Crippen LogP contribution is 2.29. The number of esters is 1. The maximum Gasteiger partial charge on any atom is 0.335 e. The molecule has 110 valence electrons. The van der Waals surface area contributed by atoms with E-state index in [0.29, 0.717) is 0 Å². The Morgan fingerprint density at radius 1 is 1.20 bits per heavy atom. The number of ether oxygens (including phenoxy) is 2. The van der Waals surface area contributed by atoms with E-state index in [2.05, 4.69) is 31.3 Å². The molecule has 4 heteroatoms. The molecule has 0 fully saturated rings. The second-order valence-corrected chi connectivity index (χ2v) is 10.0. The van der Waals surface area contributed by atoms with Crippen molar-refractivity contribution in [1.29, 1.82) is 0 Å². The summed E-state index contributed by atoms with van der Waals surface area (Å²) in [6.07, 6.45) is 3.50. The van der Waals surface area contributed by atoms with Crippen LogP contribution in [0.4, 0.5) is 0 Å². The lowest BCUT2D eigenvalue weighted by molar-refractivity contribution is -0.152. The fraction of sp³-hybridized carbons (Fsp3) is 0.438. The summed E-state index contributed by atoms with van der Waals surface area (Å²) in [6.45, 7) is 6.47. The molecule has 0 saturated heterocycles. The highest BCUT2D eigenvalue weighted by atomic mass is 28.3. The summed E-state index contributed by atoms with van der Waals surface area (Å²) in [5.41, 5.74) is 0.0346. The third-order valence-corrected chi connectivity index (χ3v) is 7.75. The zero-order valence-corrected chi connectivity index (χ0v) is 13.9. The van der Waals surface area contributed by atoms with Crippen molar-refractivity contribution in [3.05, 3.63) is 42.5 Å². The predicted molar refractivity (Wildman–Crippen MR) is 84.9 cm³/mol. The van der Waals surface area contributed by atoms with E-state index in [0.717, 1.165) is 0 Å². The fourth-order valence-electron chi connectivity index (χ4n) is 2.49. The first-order chi connectivity index (χ1) is 9.48. The first-order valence-electron chi connectivity index (χ1n) is 6.78. The maximum atomic E-state index is 12.0. The van der Waals surface area contributed by atoms with Crippen LogP contribution in [0.2, 0.25) is 18.6 Å². The van der Waals surface area contributed by atoms with Crippen molar-refractivity contribution >= 4 is 19.2 Å². The van der Waals surface area contributed by atoms with Crippen LogP contribution in [0.25, 0.3) is 0 Å². The maximum absolute atomic E-state index is 12.0. The van der Waals surface area contributed by atoms with Gasteiger partial charge in [-0.1, -0.05) is 60.8 Å². The Kier molecular flexibility index (Phi) is 6.17. The molecule has 0 aliphatic rings. The van der Waals surface area contributed by atoms with E-state index in [1.165, 1.54) is 12.3 Å². The molecule has 1 rings (SSSR count). The summed E-state index contributed by atoms with van der Waals surface area (Å²) in [7, 11) is 1.06. The molecule has 0 heterocycles. The van der Waals surface area contributed by atoms with E-state index < -0.39 is 14.2 Å². The van der Waals surface area contributed by atoms with Crippen molar-refractivity contribution in [3.8, 4) is 0 Å². The zero-order valence-electron chi connectivity index (χ0n) is 12.9. The van der Waals surface area contributed by atoms with Gasteiger partial charge in [-0.05, 0) is 6.92 Å². The molecule has 2 atom stereocenters. The molecule has 0 N–H and O–H groups in total. The molecule has 0 aliphatic heterocycles. The zero-order chi connectivity index (χ0) is 15.2. The van der Waals surface area contributed by atoms with Gasteiger partial charge in [-0.3, -0.25) is 0 Å². The topological polar surface area (TPSA) is 35.5 Å². The van der Waals surface area contributed by atoms with E-state index in [-0.39, 0.29) is 11.5 Å². The van der Waals surface area contributed by atoms with Crippen molar-refractivity contribution in [2.24, 2.45) is 0 Å². The fourth-order valence-corrected chi connectivity index (χ4v) is 5.63. The van der Waals surface area contributed by atoms with Crippen molar-refractivity contribution < 1.29 is 14.3 Å². The van der Waals surface area contributed by atoms with Crippen LogP contribution in [-0.4, -0.2) is 34.4 Å². The van der Waals surface area contributed by atoms with Gasteiger partial charge in [-0.25, -0.2) is 4.79 Å². The molecule has 0 radical (unpaired) electrons. The van der Waals surface area contributed by atoms with E-state index in [1.807, 2.05) is 31.2 Å². The average Bonchev–Trinajstić information content (AvgIpc) is 2.47. The molecule has 20 heavy (non-hydrogen) atoms. The molecular weight excluding hydrogens is 268 g/mol. The Hall–Kier alpha value is -1.39. The lowest BCUT2D eigenvalue weighted by Crippen LogP contribution is -2.51. The number of carbonyl (C=O) groups is 1. The molecular formula is C16H24O3Si. The summed E-state index contributed by atoms with van der Waals surface area (Å²) in [5, 5.41) is 1.30. The van der Waals surface area contributed by atoms with Gasteiger partial charge in [0.15, 0.2) is 6.10 Å².